The Kier molecular flexibility index (Phi) is 3.98. The number of nitrogens with one attached hydrogen (secondary N) is 2. The molecule has 0 aromatic carbocycles. The first-order chi connectivity index (χ1) is 6.95. The van der Waals surface area contributed by atoms with Crippen LogP contribution >= 0.6 is 11.3 Å². The van der Waals surface area contributed by atoms with Crippen LogP contribution < -0.4 is 10.6 Å². The fraction of sp³-hybridized carbons (Fsp3) is 0.636. The highest BCUT2D eigenvalue weighted by molar-refractivity contribution is 7.07. The predicted octanol–water partition coefficient (Wildman–Crippen LogP) is 1.98. The molecule has 14 heavy (non-hydrogen) atoms. The van der Waals surface area contributed by atoms with Crippen molar-refractivity contribution in [1.82, 2.24) is 10.6 Å². The first-order valence-corrected chi connectivity index (χ1v) is 6.34. The summed E-state index contributed by atoms with van der Waals surface area (Å²) < 4.78 is 0. The molecule has 1 unspecified atom stereocenters. The van der Waals surface area contributed by atoms with Crippen LogP contribution in [0.1, 0.15) is 24.8 Å². The number of hydrogen-bond donors (Lipinski definition) is 2. The third-order valence-electron chi connectivity index (χ3n) is 2.74. The minimum absolute atomic E-state index is 0.768. The van der Waals surface area contributed by atoms with Gasteiger partial charge >= 0.3 is 0 Å². The van der Waals surface area contributed by atoms with Crippen LogP contribution in [0.5, 0.6) is 0 Å². The van der Waals surface area contributed by atoms with Crippen molar-refractivity contribution in [3.05, 3.63) is 22.4 Å². The van der Waals surface area contributed by atoms with E-state index in [9.17, 15) is 0 Å². The van der Waals surface area contributed by atoms with Crippen LogP contribution in [0, 0.1) is 0 Å². The summed E-state index contributed by atoms with van der Waals surface area (Å²) in [5.41, 5.74) is 1.41. The van der Waals surface area contributed by atoms with Crippen LogP contribution in [0.2, 0.25) is 0 Å². The lowest BCUT2D eigenvalue weighted by molar-refractivity contribution is 0.524. The van der Waals surface area contributed by atoms with Gasteiger partial charge in [0, 0.05) is 12.6 Å². The van der Waals surface area contributed by atoms with Crippen molar-refractivity contribution in [1.29, 1.82) is 0 Å². The fourth-order valence-electron chi connectivity index (χ4n) is 1.91. The lowest BCUT2D eigenvalue weighted by atomic mass is 10.1. The molecule has 1 aromatic heterocycles. The van der Waals surface area contributed by atoms with Crippen LogP contribution in [-0.4, -0.2) is 19.1 Å². The largest absolute Gasteiger partial charge is 0.314 e. The van der Waals surface area contributed by atoms with Crippen LogP contribution in [0.25, 0.3) is 0 Å². The molecule has 1 aliphatic heterocycles. The number of hydrogen-bond acceptors (Lipinski definition) is 3. The Morgan fingerprint density at radius 1 is 1.57 bits per heavy atom. The molecule has 0 radical (unpaired) electrons. The molecule has 0 spiro atoms. The van der Waals surface area contributed by atoms with Gasteiger partial charge in [-0.1, -0.05) is 0 Å². The minimum atomic E-state index is 0.768. The second kappa shape index (κ2) is 5.49. The molecule has 1 saturated heterocycles. The van der Waals surface area contributed by atoms with Crippen molar-refractivity contribution >= 4 is 11.3 Å². The highest BCUT2D eigenvalue weighted by Crippen LogP contribution is 2.08. The third kappa shape index (κ3) is 3.08. The van der Waals surface area contributed by atoms with Crippen molar-refractivity contribution < 1.29 is 0 Å². The van der Waals surface area contributed by atoms with Crippen LogP contribution in [0.4, 0.5) is 0 Å². The normalized spacial score (nSPS) is 21.6. The van der Waals surface area contributed by atoms with E-state index in [-0.39, 0.29) is 0 Å². The van der Waals surface area contributed by atoms with Crippen LogP contribution in [0.3, 0.4) is 0 Å². The quantitative estimate of drug-likeness (QED) is 0.726. The summed E-state index contributed by atoms with van der Waals surface area (Å²) in [6.07, 6.45) is 3.99. The fourth-order valence-corrected chi connectivity index (χ4v) is 2.57. The Morgan fingerprint density at radius 2 is 2.57 bits per heavy atom. The highest BCUT2D eigenvalue weighted by atomic mass is 32.1. The second-order valence-corrected chi connectivity index (χ2v) is 4.67. The predicted molar refractivity (Wildman–Crippen MR) is 61.7 cm³/mol. The van der Waals surface area contributed by atoms with Gasteiger partial charge in [-0.2, -0.15) is 11.3 Å². The third-order valence-corrected chi connectivity index (χ3v) is 3.47. The molecule has 2 heterocycles. The zero-order chi connectivity index (χ0) is 9.64. The Hall–Kier alpha value is -0.380. The van der Waals surface area contributed by atoms with Gasteiger partial charge in [-0.05, 0) is 54.7 Å². The molecule has 1 aliphatic rings. The average molecular weight is 210 g/mol. The van der Waals surface area contributed by atoms with Crippen LogP contribution in [0.15, 0.2) is 16.8 Å². The summed E-state index contributed by atoms with van der Waals surface area (Å²) in [4.78, 5) is 0. The average Bonchev–Trinajstić information content (AvgIpc) is 2.86. The second-order valence-electron chi connectivity index (χ2n) is 3.89. The van der Waals surface area contributed by atoms with E-state index in [1.807, 2.05) is 0 Å². The summed E-state index contributed by atoms with van der Waals surface area (Å²) >= 11 is 1.77. The highest BCUT2D eigenvalue weighted by Gasteiger charge is 2.12. The molecule has 1 fully saturated rings. The molecule has 0 bridgehead atoms. The van der Waals surface area contributed by atoms with Gasteiger partial charge in [-0.3, -0.25) is 0 Å². The minimum Gasteiger partial charge on any atom is -0.314 e. The summed E-state index contributed by atoms with van der Waals surface area (Å²) in [5.74, 6) is 0. The molecule has 0 amide bonds. The smallest absolute Gasteiger partial charge is 0.0213 e. The van der Waals surface area contributed by atoms with E-state index in [0.717, 1.165) is 19.1 Å². The molecular weight excluding hydrogens is 192 g/mol. The van der Waals surface area contributed by atoms with Crippen molar-refractivity contribution in [2.24, 2.45) is 0 Å². The van der Waals surface area contributed by atoms with E-state index >= 15 is 0 Å². The number of rotatable bonds is 5. The van der Waals surface area contributed by atoms with Crippen molar-refractivity contribution in [3.63, 3.8) is 0 Å². The van der Waals surface area contributed by atoms with Gasteiger partial charge in [0.1, 0.15) is 0 Å². The maximum atomic E-state index is 3.51. The summed E-state index contributed by atoms with van der Waals surface area (Å²) in [7, 11) is 0. The molecular formula is C11H18N2S. The Balaban J connectivity index is 1.55. The van der Waals surface area contributed by atoms with Gasteiger partial charge in [0.2, 0.25) is 0 Å². The van der Waals surface area contributed by atoms with Crippen molar-refractivity contribution in [2.75, 3.05) is 13.1 Å². The van der Waals surface area contributed by atoms with E-state index in [4.69, 9.17) is 0 Å². The molecule has 0 saturated carbocycles. The van der Waals surface area contributed by atoms with E-state index in [2.05, 4.69) is 27.5 Å². The van der Waals surface area contributed by atoms with Gasteiger partial charge in [0.15, 0.2) is 0 Å². The summed E-state index contributed by atoms with van der Waals surface area (Å²) in [6.45, 7) is 3.37. The van der Waals surface area contributed by atoms with Crippen molar-refractivity contribution in [2.45, 2.75) is 31.8 Å². The van der Waals surface area contributed by atoms with E-state index in [1.165, 1.54) is 31.4 Å². The zero-order valence-electron chi connectivity index (χ0n) is 8.46. The first kappa shape index (κ1) is 10.1. The molecule has 2 N–H and O–H groups in total. The topological polar surface area (TPSA) is 24.1 Å². The Morgan fingerprint density at radius 3 is 3.29 bits per heavy atom. The molecule has 78 valence electrons. The van der Waals surface area contributed by atoms with Gasteiger partial charge in [-0.25, -0.2) is 0 Å². The van der Waals surface area contributed by atoms with Gasteiger partial charge in [0.05, 0.1) is 0 Å². The summed E-state index contributed by atoms with van der Waals surface area (Å²) in [6, 6.07) is 2.95. The Bertz CT molecular complexity index is 240. The maximum Gasteiger partial charge on any atom is 0.0213 e. The molecule has 0 aliphatic carbocycles. The summed E-state index contributed by atoms with van der Waals surface area (Å²) in [5, 5.41) is 11.3. The maximum absolute atomic E-state index is 3.51. The van der Waals surface area contributed by atoms with E-state index in [1.54, 1.807) is 11.3 Å². The lowest BCUT2D eigenvalue weighted by Gasteiger charge is -2.09. The molecule has 3 heteroatoms. The van der Waals surface area contributed by atoms with Crippen molar-refractivity contribution in [3.8, 4) is 0 Å². The van der Waals surface area contributed by atoms with Gasteiger partial charge in [-0.15, -0.1) is 0 Å². The van der Waals surface area contributed by atoms with Gasteiger partial charge < -0.3 is 10.6 Å². The molecule has 2 rings (SSSR count). The standard InChI is InChI=1S/C11H18N2S/c1-2-11(13-5-1)3-6-12-8-10-4-7-14-9-10/h4,7,9,11-13H,1-3,5-6,8H2. The first-order valence-electron chi connectivity index (χ1n) is 5.40. The lowest BCUT2D eigenvalue weighted by Crippen LogP contribution is -2.26. The number of thiophene rings is 1. The van der Waals surface area contributed by atoms with Crippen LogP contribution in [-0.2, 0) is 6.54 Å². The van der Waals surface area contributed by atoms with Gasteiger partial charge in [0.25, 0.3) is 0 Å². The Labute approximate surface area is 89.7 Å². The zero-order valence-corrected chi connectivity index (χ0v) is 9.28. The molecule has 2 nitrogen and oxygen atoms in total. The van der Waals surface area contributed by atoms with E-state index < -0.39 is 0 Å². The molecule has 1 atom stereocenters. The SMILES string of the molecule is c1cc(CNCCC2CCCN2)cs1. The molecule has 1 aromatic rings. The monoisotopic (exact) mass is 210 g/mol. The van der Waals surface area contributed by atoms with E-state index in [0.29, 0.717) is 0 Å².